The van der Waals surface area contributed by atoms with Gasteiger partial charge in [-0.2, -0.15) is 0 Å². The highest BCUT2D eigenvalue weighted by Gasteiger charge is 2.08. The highest BCUT2D eigenvalue weighted by atomic mass is 19.1. The molecule has 0 radical (unpaired) electrons. The van der Waals surface area contributed by atoms with Crippen molar-refractivity contribution < 1.29 is 13.6 Å². The highest BCUT2D eigenvalue weighted by Crippen LogP contribution is 2.10. The number of hydrogen-bond donors (Lipinski definition) is 2. The second-order valence-corrected chi connectivity index (χ2v) is 4.65. The Morgan fingerprint density at radius 3 is 2.43 bits per heavy atom. The second kappa shape index (κ2) is 6.95. The maximum atomic E-state index is 13.4. The van der Waals surface area contributed by atoms with Crippen LogP contribution in [0.25, 0.3) is 0 Å². The predicted molar refractivity (Wildman–Crippen MR) is 76.7 cm³/mol. The number of carbonyl (C=O) groups is 1. The summed E-state index contributed by atoms with van der Waals surface area (Å²) >= 11 is 0. The van der Waals surface area contributed by atoms with E-state index in [0.717, 1.165) is 24.1 Å². The zero-order valence-corrected chi connectivity index (χ0v) is 11.4. The van der Waals surface area contributed by atoms with Crippen LogP contribution in [0, 0.1) is 11.6 Å². The molecule has 0 aliphatic heterocycles. The molecule has 110 valence electrons. The normalized spacial score (nSPS) is 10.4. The van der Waals surface area contributed by atoms with Crippen molar-refractivity contribution in [3.05, 3.63) is 70.8 Å². The van der Waals surface area contributed by atoms with Crippen LogP contribution in [0.3, 0.4) is 0 Å². The van der Waals surface area contributed by atoms with Gasteiger partial charge in [0, 0.05) is 23.7 Å². The Morgan fingerprint density at radius 1 is 1.10 bits per heavy atom. The molecule has 0 aromatic heterocycles. The van der Waals surface area contributed by atoms with Crippen LogP contribution in [0.5, 0.6) is 0 Å². The van der Waals surface area contributed by atoms with Gasteiger partial charge in [0.05, 0.1) is 0 Å². The number of hydrogen-bond acceptors (Lipinski definition) is 2. The first kappa shape index (κ1) is 15.1. The Labute approximate surface area is 121 Å². The van der Waals surface area contributed by atoms with E-state index < -0.39 is 11.6 Å². The van der Waals surface area contributed by atoms with Crippen molar-refractivity contribution in [1.82, 2.24) is 5.32 Å². The summed E-state index contributed by atoms with van der Waals surface area (Å²) in [6.07, 6.45) is 0.753. The fraction of sp³-hybridized carbons (Fsp3) is 0.188. The summed E-state index contributed by atoms with van der Waals surface area (Å²) < 4.78 is 26.2. The summed E-state index contributed by atoms with van der Waals surface area (Å²) in [6, 6.07) is 10.3. The smallest absolute Gasteiger partial charge is 0.251 e. The van der Waals surface area contributed by atoms with E-state index in [0.29, 0.717) is 12.1 Å². The van der Waals surface area contributed by atoms with Crippen LogP contribution in [0.15, 0.2) is 42.5 Å². The largest absolute Gasteiger partial charge is 0.348 e. The van der Waals surface area contributed by atoms with Crippen molar-refractivity contribution in [2.24, 2.45) is 5.73 Å². The van der Waals surface area contributed by atoms with Gasteiger partial charge < -0.3 is 11.1 Å². The van der Waals surface area contributed by atoms with E-state index in [9.17, 15) is 13.6 Å². The van der Waals surface area contributed by atoms with E-state index in [1.165, 1.54) is 6.07 Å². The van der Waals surface area contributed by atoms with Crippen LogP contribution in [-0.2, 0) is 13.0 Å². The molecule has 0 atom stereocenters. The molecule has 0 unspecified atom stereocenters. The zero-order valence-electron chi connectivity index (χ0n) is 11.4. The third-order valence-electron chi connectivity index (χ3n) is 3.10. The number of benzene rings is 2. The van der Waals surface area contributed by atoms with Crippen LogP contribution in [0.2, 0.25) is 0 Å². The molecule has 3 nitrogen and oxygen atoms in total. The van der Waals surface area contributed by atoms with Crippen LogP contribution in [-0.4, -0.2) is 12.5 Å². The molecule has 0 saturated heterocycles. The fourth-order valence-corrected chi connectivity index (χ4v) is 1.93. The van der Waals surface area contributed by atoms with E-state index in [1.54, 1.807) is 12.1 Å². The summed E-state index contributed by atoms with van der Waals surface area (Å²) in [7, 11) is 0. The van der Waals surface area contributed by atoms with Crippen LogP contribution >= 0.6 is 0 Å². The first-order chi connectivity index (χ1) is 10.1. The molecule has 3 N–H and O–H groups in total. The quantitative estimate of drug-likeness (QED) is 0.888. The van der Waals surface area contributed by atoms with Crippen molar-refractivity contribution in [3.8, 4) is 0 Å². The lowest BCUT2D eigenvalue weighted by atomic mass is 10.1. The molecule has 2 aromatic rings. The first-order valence-corrected chi connectivity index (χ1v) is 6.61. The van der Waals surface area contributed by atoms with Gasteiger partial charge in [-0.05, 0) is 36.7 Å². The highest BCUT2D eigenvalue weighted by molar-refractivity contribution is 5.94. The standard InChI is InChI=1S/C16H16F2N2O/c17-14-6-5-13(15(18)9-14)10-20-16(21)12-3-1-11(2-4-12)7-8-19/h1-6,9H,7-8,10,19H2,(H,20,21). The van der Waals surface area contributed by atoms with Crippen molar-refractivity contribution >= 4 is 5.91 Å². The first-order valence-electron chi connectivity index (χ1n) is 6.61. The maximum absolute atomic E-state index is 13.4. The van der Waals surface area contributed by atoms with Gasteiger partial charge in [0.15, 0.2) is 0 Å². The Morgan fingerprint density at radius 2 is 1.81 bits per heavy atom. The van der Waals surface area contributed by atoms with Gasteiger partial charge >= 0.3 is 0 Å². The van der Waals surface area contributed by atoms with Crippen molar-refractivity contribution in [3.63, 3.8) is 0 Å². The summed E-state index contributed by atoms with van der Waals surface area (Å²) in [6.45, 7) is 0.560. The van der Waals surface area contributed by atoms with Gasteiger partial charge in [0.25, 0.3) is 5.91 Å². The minimum atomic E-state index is -0.673. The molecule has 5 heteroatoms. The fourth-order valence-electron chi connectivity index (χ4n) is 1.93. The number of carbonyl (C=O) groups excluding carboxylic acids is 1. The molecule has 0 spiro atoms. The van der Waals surface area contributed by atoms with Gasteiger partial charge in [-0.25, -0.2) is 8.78 Å². The Bertz CT molecular complexity index is 627. The lowest BCUT2D eigenvalue weighted by molar-refractivity contribution is 0.0950. The lowest BCUT2D eigenvalue weighted by Crippen LogP contribution is -2.23. The van der Waals surface area contributed by atoms with Gasteiger partial charge in [-0.1, -0.05) is 18.2 Å². The SMILES string of the molecule is NCCc1ccc(C(=O)NCc2ccc(F)cc2F)cc1. The molecule has 1 amide bonds. The van der Waals surface area contributed by atoms with Crippen LogP contribution in [0.1, 0.15) is 21.5 Å². The maximum Gasteiger partial charge on any atom is 0.251 e. The summed E-state index contributed by atoms with van der Waals surface area (Å²) in [5, 5.41) is 2.60. The van der Waals surface area contributed by atoms with Gasteiger partial charge in [-0.3, -0.25) is 4.79 Å². The number of halogens is 2. The summed E-state index contributed by atoms with van der Waals surface area (Å²) in [5.41, 5.74) is 7.23. The summed E-state index contributed by atoms with van der Waals surface area (Å²) in [5.74, 6) is -1.62. The Kier molecular flexibility index (Phi) is 5.00. The van der Waals surface area contributed by atoms with Gasteiger partial charge in [0.2, 0.25) is 0 Å². The van der Waals surface area contributed by atoms with Crippen LogP contribution in [0.4, 0.5) is 8.78 Å². The predicted octanol–water partition coefficient (Wildman–Crippen LogP) is 2.40. The minimum absolute atomic E-state index is 0.00942. The van der Waals surface area contributed by atoms with Crippen molar-refractivity contribution in [2.75, 3.05) is 6.54 Å². The monoisotopic (exact) mass is 290 g/mol. The third-order valence-corrected chi connectivity index (χ3v) is 3.10. The van der Waals surface area contributed by atoms with Crippen molar-refractivity contribution in [1.29, 1.82) is 0 Å². The molecular formula is C16H16F2N2O. The lowest BCUT2D eigenvalue weighted by Gasteiger charge is -2.07. The van der Waals surface area contributed by atoms with Gasteiger partial charge in [-0.15, -0.1) is 0 Å². The Hall–Kier alpha value is -2.27. The molecule has 2 rings (SSSR count). The Balaban J connectivity index is 1.98. The molecule has 0 aliphatic rings. The minimum Gasteiger partial charge on any atom is -0.348 e. The number of nitrogens with one attached hydrogen (secondary N) is 1. The molecule has 0 saturated carbocycles. The molecule has 0 heterocycles. The molecule has 0 bridgehead atoms. The number of amides is 1. The van der Waals surface area contributed by atoms with Crippen LogP contribution < -0.4 is 11.1 Å². The van der Waals surface area contributed by atoms with E-state index >= 15 is 0 Å². The van der Waals surface area contributed by atoms with E-state index in [-0.39, 0.29) is 18.0 Å². The molecule has 0 aliphatic carbocycles. The third kappa shape index (κ3) is 4.10. The molecule has 21 heavy (non-hydrogen) atoms. The molecule has 0 fully saturated rings. The van der Waals surface area contributed by atoms with E-state index in [1.807, 2.05) is 12.1 Å². The number of nitrogens with two attached hydrogens (primary N) is 1. The zero-order chi connectivity index (χ0) is 15.2. The van der Waals surface area contributed by atoms with Gasteiger partial charge in [0.1, 0.15) is 11.6 Å². The second-order valence-electron chi connectivity index (χ2n) is 4.65. The summed E-state index contributed by atoms with van der Waals surface area (Å²) in [4.78, 5) is 11.9. The topological polar surface area (TPSA) is 55.1 Å². The average Bonchev–Trinajstić information content (AvgIpc) is 2.47. The van der Waals surface area contributed by atoms with E-state index in [4.69, 9.17) is 5.73 Å². The molecular weight excluding hydrogens is 274 g/mol. The molecule has 2 aromatic carbocycles. The van der Waals surface area contributed by atoms with E-state index in [2.05, 4.69) is 5.32 Å². The number of rotatable bonds is 5. The van der Waals surface area contributed by atoms with Crippen molar-refractivity contribution in [2.45, 2.75) is 13.0 Å². The average molecular weight is 290 g/mol.